The van der Waals surface area contributed by atoms with Gasteiger partial charge in [-0.1, -0.05) is 40.3 Å². The maximum Gasteiger partial charge on any atom is 0.264 e. The number of carbonyl (C=O) groups is 1. The van der Waals surface area contributed by atoms with Gasteiger partial charge >= 0.3 is 0 Å². The molecular weight excluding hydrogens is 404 g/mol. The van der Waals surface area contributed by atoms with Crippen molar-refractivity contribution < 1.29 is 20.8 Å². The van der Waals surface area contributed by atoms with Crippen molar-refractivity contribution in [2.45, 2.75) is 45.1 Å². The molecular formula is C21H32N4O4S. The summed E-state index contributed by atoms with van der Waals surface area (Å²) < 4.78 is 33.5. The Bertz CT molecular complexity index is 1020. The van der Waals surface area contributed by atoms with E-state index in [9.17, 15) is 13.2 Å². The van der Waals surface area contributed by atoms with E-state index in [2.05, 4.69) is 26.6 Å². The lowest BCUT2D eigenvalue weighted by Gasteiger charge is -2.21. The van der Waals surface area contributed by atoms with E-state index in [0.717, 1.165) is 0 Å². The maximum atomic E-state index is 12.7. The highest BCUT2D eigenvalue weighted by Crippen LogP contribution is 2.20. The van der Waals surface area contributed by atoms with Gasteiger partial charge in [-0.05, 0) is 36.6 Å². The first-order chi connectivity index (χ1) is 14.3. The Labute approximate surface area is 180 Å². The summed E-state index contributed by atoms with van der Waals surface area (Å²) in [7, 11) is -3.98. The van der Waals surface area contributed by atoms with Crippen molar-refractivity contribution >= 4 is 28.0 Å². The number of nitrogens with one attached hydrogen (secondary N) is 2. The van der Waals surface area contributed by atoms with Crippen LogP contribution in [0.5, 0.6) is 5.88 Å². The van der Waals surface area contributed by atoms with Crippen LogP contribution in [0.2, 0.25) is 0 Å². The fourth-order valence-electron chi connectivity index (χ4n) is 2.84. The van der Waals surface area contributed by atoms with Crippen LogP contribution in [0.25, 0.3) is 6.08 Å². The minimum Gasteiger partial charge on any atom is -0.475 e. The molecule has 0 aliphatic carbocycles. The van der Waals surface area contributed by atoms with Gasteiger partial charge in [-0.3, -0.25) is 4.79 Å². The highest BCUT2D eigenvalue weighted by molar-refractivity contribution is 7.92. The summed E-state index contributed by atoms with van der Waals surface area (Å²) in [4.78, 5) is 20.8. The van der Waals surface area contributed by atoms with Gasteiger partial charge < -0.3 is 10.1 Å². The standard InChI is InChI=1S/C19H22N4O4S.C2H6.2H2/c1-4-14-10-17-22-19(21-14)23-28(25,26)16-7-5-6-13(9-16)18(24)20-15(11-27-17)8-12(2)3;1-2;;/h4-7,9-10,12,15H,1,8,11H2,2-3H3,(H,20,24)(H,21,22,23);1-2H3;2*1H/t15-;;;/m1.../s1. The van der Waals surface area contributed by atoms with Crippen LogP contribution in [-0.2, 0) is 10.0 Å². The monoisotopic (exact) mass is 436 g/mol. The van der Waals surface area contributed by atoms with Gasteiger partial charge in [0.1, 0.15) is 6.61 Å². The third-order valence-corrected chi connectivity index (χ3v) is 5.41. The number of hydrogen-bond donors (Lipinski definition) is 2. The van der Waals surface area contributed by atoms with Crippen LogP contribution in [0.3, 0.4) is 0 Å². The molecule has 0 saturated carbocycles. The molecule has 0 saturated heterocycles. The normalized spacial score (nSPS) is 17.5. The minimum atomic E-state index is -3.98. The van der Waals surface area contributed by atoms with E-state index in [1.165, 1.54) is 24.3 Å². The zero-order chi connectivity index (χ0) is 22.3. The van der Waals surface area contributed by atoms with Crippen LogP contribution in [-0.4, -0.2) is 36.9 Å². The van der Waals surface area contributed by atoms with Crippen molar-refractivity contribution in [2.75, 3.05) is 11.3 Å². The summed E-state index contributed by atoms with van der Waals surface area (Å²) >= 11 is 0. The predicted molar refractivity (Wildman–Crippen MR) is 121 cm³/mol. The highest BCUT2D eigenvalue weighted by atomic mass is 32.2. The number of aromatic nitrogens is 2. The van der Waals surface area contributed by atoms with Crippen LogP contribution >= 0.6 is 0 Å². The molecule has 2 N–H and O–H groups in total. The van der Waals surface area contributed by atoms with Gasteiger partial charge in [-0.15, -0.1) is 0 Å². The van der Waals surface area contributed by atoms with E-state index in [1.54, 1.807) is 12.1 Å². The van der Waals surface area contributed by atoms with Crippen molar-refractivity contribution in [3.8, 4) is 5.88 Å². The van der Waals surface area contributed by atoms with Gasteiger partial charge in [0, 0.05) is 14.5 Å². The molecule has 30 heavy (non-hydrogen) atoms. The van der Waals surface area contributed by atoms with E-state index in [1.807, 2.05) is 27.7 Å². The number of rotatable bonds is 3. The Kier molecular flexibility index (Phi) is 7.93. The SMILES string of the molecule is C=Cc1cc2nc(n1)NS(=O)(=O)c1cccc(c1)C(=O)N[C@H](CC(C)C)CO2.CC.[HH].[HH]. The Morgan fingerprint density at radius 1 is 1.30 bits per heavy atom. The maximum absolute atomic E-state index is 12.7. The van der Waals surface area contributed by atoms with Crippen molar-refractivity contribution in [3.05, 3.63) is 48.2 Å². The molecule has 9 heteroatoms. The summed E-state index contributed by atoms with van der Waals surface area (Å²) in [5, 5.41) is 2.92. The second-order valence-electron chi connectivity index (χ2n) is 6.90. The molecule has 4 bridgehead atoms. The molecule has 1 atom stereocenters. The number of hydrogen-bond acceptors (Lipinski definition) is 6. The lowest BCUT2D eigenvalue weighted by atomic mass is 10.0. The third kappa shape index (κ3) is 6.03. The number of anilines is 1. The first-order valence-electron chi connectivity index (χ1n) is 9.85. The number of fused-ring (bicyclic) bond motifs is 4. The van der Waals surface area contributed by atoms with E-state index < -0.39 is 10.0 Å². The number of nitrogens with zero attached hydrogens (tertiary/aromatic N) is 2. The fourth-order valence-corrected chi connectivity index (χ4v) is 3.83. The quantitative estimate of drug-likeness (QED) is 0.753. The second-order valence-corrected chi connectivity index (χ2v) is 8.59. The molecule has 1 aliphatic rings. The molecule has 8 nitrogen and oxygen atoms in total. The van der Waals surface area contributed by atoms with E-state index >= 15 is 0 Å². The Morgan fingerprint density at radius 3 is 2.70 bits per heavy atom. The molecule has 1 amide bonds. The number of benzene rings is 1. The molecule has 0 unspecified atom stereocenters. The molecule has 1 aromatic heterocycles. The number of amides is 1. The second kappa shape index (κ2) is 10.2. The third-order valence-electron chi connectivity index (χ3n) is 4.09. The minimum absolute atomic E-state index is 0. The van der Waals surface area contributed by atoms with Gasteiger partial charge in [0.25, 0.3) is 15.9 Å². The Morgan fingerprint density at radius 2 is 2.03 bits per heavy atom. The molecule has 3 rings (SSSR count). The smallest absolute Gasteiger partial charge is 0.264 e. The van der Waals surface area contributed by atoms with Gasteiger partial charge in [-0.25, -0.2) is 18.1 Å². The lowest BCUT2D eigenvalue weighted by molar-refractivity contribution is 0.0913. The molecule has 0 spiro atoms. The van der Waals surface area contributed by atoms with Crippen molar-refractivity contribution in [1.29, 1.82) is 0 Å². The number of sulfonamides is 1. The topological polar surface area (TPSA) is 110 Å². The van der Waals surface area contributed by atoms with Gasteiger partial charge in [0.05, 0.1) is 16.6 Å². The summed E-state index contributed by atoms with van der Waals surface area (Å²) in [6.07, 6.45) is 2.16. The number of carbonyl (C=O) groups excluding carboxylic acids is 1. The predicted octanol–water partition coefficient (Wildman–Crippen LogP) is 3.98. The summed E-state index contributed by atoms with van der Waals surface area (Å²) in [6, 6.07) is 7.09. The zero-order valence-corrected chi connectivity index (χ0v) is 18.5. The highest BCUT2D eigenvalue weighted by Gasteiger charge is 2.22. The van der Waals surface area contributed by atoms with Gasteiger partial charge in [-0.2, -0.15) is 4.98 Å². The van der Waals surface area contributed by atoms with Crippen molar-refractivity contribution in [2.24, 2.45) is 5.92 Å². The van der Waals surface area contributed by atoms with Crippen LogP contribution in [0, 0.1) is 5.92 Å². The van der Waals surface area contributed by atoms with E-state index in [0.29, 0.717) is 18.0 Å². The Balaban J connectivity index is 0.00000234. The lowest BCUT2D eigenvalue weighted by Crippen LogP contribution is -2.40. The first-order valence-corrected chi connectivity index (χ1v) is 11.3. The summed E-state index contributed by atoms with van der Waals surface area (Å²) in [6.45, 7) is 11.9. The van der Waals surface area contributed by atoms with Crippen LogP contribution < -0.4 is 14.8 Å². The summed E-state index contributed by atoms with van der Waals surface area (Å²) in [5.74, 6) is 0.0195. The van der Waals surface area contributed by atoms with E-state index in [4.69, 9.17) is 4.74 Å². The molecule has 2 aromatic rings. The largest absolute Gasteiger partial charge is 0.475 e. The van der Waals surface area contributed by atoms with Crippen LogP contribution in [0.4, 0.5) is 5.95 Å². The number of ether oxygens (including phenoxy) is 1. The molecule has 1 aromatic carbocycles. The Hall–Kier alpha value is -2.94. The average Bonchev–Trinajstić information content (AvgIpc) is 2.72. The van der Waals surface area contributed by atoms with Crippen LogP contribution in [0.1, 0.15) is 53.0 Å². The van der Waals surface area contributed by atoms with Gasteiger partial charge in [0.15, 0.2) is 0 Å². The molecule has 0 radical (unpaired) electrons. The van der Waals surface area contributed by atoms with E-state index in [-0.39, 0.29) is 43.7 Å². The molecule has 2 heterocycles. The molecule has 1 aliphatic heterocycles. The average molecular weight is 437 g/mol. The first kappa shape index (κ1) is 23.3. The van der Waals surface area contributed by atoms with Crippen LogP contribution in [0.15, 0.2) is 41.8 Å². The zero-order valence-electron chi connectivity index (χ0n) is 17.7. The molecule has 0 fully saturated rings. The van der Waals surface area contributed by atoms with Gasteiger partial charge in [0.2, 0.25) is 11.8 Å². The summed E-state index contributed by atoms with van der Waals surface area (Å²) in [5.41, 5.74) is 0.658. The fraction of sp³-hybridized carbons (Fsp3) is 0.381. The van der Waals surface area contributed by atoms with Crippen molar-refractivity contribution in [3.63, 3.8) is 0 Å². The van der Waals surface area contributed by atoms with Crippen molar-refractivity contribution in [1.82, 2.24) is 15.3 Å². The molecule has 166 valence electrons.